The average Bonchev–Trinajstić information content (AvgIpc) is 2.90. The first-order valence-corrected chi connectivity index (χ1v) is 6.48. The molecule has 0 radical (unpaired) electrons. The van der Waals surface area contributed by atoms with Crippen LogP contribution >= 0.6 is 0 Å². The summed E-state index contributed by atoms with van der Waals surface area (Å²) in [4.78, 5) is 4.01. The van der Waals surface area contributed by atoms with Gasteiger partial charge in [0.15, 0.2) is 12.2 Å². The molecule has 0 amide bonds. The molecular formula is C17H17NO. The van der Waals surface area contributed by atoms with Crippen LogP contribution in [0.1, 0.15) is 26.3 Å². The predicted octanol–water partition coefficient (Wildman–Crippen LogP) is 4.79. The zero-order valence-electron chi connectivity index (χ0n) is 11.5. The van der Waals surface area contributed by atoms with Crippen LogP contribution < -0.4 is 0 Å². The number of hydrogen-bond donors (Lipinski definition) is 0. The fraction of sp³-hybridized carbons (Fsp3) is 0.235. The van der Waals surface area contributed by atoms with Gasteiger partial charge >= 0.3 is 0 Å². The first kappa shape index (κ1) is 12.0. The summed E-state index contributed by atoms with van der Waals surface area (Å²) in [5.74, 6) is 0.816. The monoisotopic (exact) mass is 251 g/mol. The molecule has 0 bridgehead atoms. The second-order valence-electron chi connectivity index (χ2n) is 5.82. The molecule has 2 aromatic carbocycles. The van der Waals surface area contributed by atoms with Crippen LogP contribution in [0.3, 0.4) is 0 Å². The highest BCUT2D eigenvalue weighted by Crippen LogP contribution is 2.35. The summed E-state index contributed by atoms with van der Waals surface area (Å²) in [5, 5.41) is 2.50. The van der Waals surface area contributed by atoms with Crippen molar-refractivity contribution in [1.29, 1.82) is 0 Å². The minimum absolute atomic E-state index is 0.125. The lowest BCUT2D eigenvalue weighted by Gasteiger charge is -2.22. The first-order valence-electron chi connectivity index (χ1n) is 6.48. The van der Waals surface area contributed by atoms with Gasteiger partial charge in [0.25, 0.3) is 0 Å². The van der Waals surface area contributed by atoms with Gasteiger partial charge in [-0.15, -0.1) is 0 Å². The fourth-order valence-corrected chi connectivity index (χ4v) is 2.52. The minimum Gasteiger partial charge on any atom is -0.443 e. The molecule has 2 heteroatoms. The van der Waals surface area contributed by atoms with Crippen LogP contribution in [0.2, 0.25) is 0 Å². The number of nitrogens with zero attached hydrogens (tertiary/aromatic N) is 1. The van der Waals surface area contributed by atoms with Gasteiger partial charge in [0.1, 0.15) is 0 Å². The predicted molar refractivity (Wildman–Crippen MR) is 78.1 cm³/mol. The van der Waals surface area contributed by atoms with Crippen molar-refractivity contribution in [2.45, 2.75) is 26.2 Å². The number of oxazole rings is 1. The quantitative estimate of drug-likeness (QED) is 0.621. The average molecular weight is 251 g/mol. The largest absolute Gasteiger partial charge is 0.443 e. The van der Waals surface area contributed by atoms with Gasteiger partial charge in [0, 0.05) is 5.56 Å². The second-order valence-corrected chi connectivity index (χ2v) is 5.82. The highest BCUT2D eigenvalue weighted by Gasteiger charge is 2.18. The van der Waals surface area contributed by atoms with E-state index in [1.807, 2.05) is 0 Å². The van der Waals surface area contributed by atoms with Crippen molar-refractivity contribution in [3.63, 3.8) is 0 Å². The molecule has 2 nitrogen and oxygen atoms in total. The molecule has 0 N–H and O–H groups in total. The molecule has 3 aromatic rings. The van der Waals surface area contributed by atoms with Crippen molar-refractivity contribution in [2.24, 2.45) is 0 Å². The Hall–Kier alpha value is -2.09. The molecule has 0 spiro atoms. The normalized spacial score (nSPS) is 11.9. The smallest absolute Gasteiger partial charge is 0.181 e. The zero-order chi connectivity index (χ0) is 13.5. The van der Waals surface area contributed by atoms with Crippen molar-refractivity contribution >= 4 is 10.8 Å². The number of rotatable bonds is 1. The van der Waals surface area contributed by atoms with Crippen LogP contribution in [0, 0.1) is 0 Å². The van der Waals surface area contributed by atoms with E-state index in [0.29, 0.717) is 0 Å². The van der Waals surface area contributed by atoms with Crippen molar-refractivity contribution in [2.75, 3.05) is 0 Å². The maximum atomic E-state index is 5.44. The third-order valence-corrected chi connectivity index (χ3v) is 3.43. The summed E-state index contributed by atoms with van der Waals surface area (Å²) >= 11 is 0. The van der Waals surface area contributed by atoms with E-state index in [1.165, 1.54) is 22.7 Å². The molecular weight excluding hydrogens is 234 g/mol. The minimum atomic E-state index is 0.125. The van der Waals surface area contributed by atoms with Gasteiger partial charge < -0.3 is 4.42 Å². The summed E-state index contributed by atoms with van der Waals surface area (Å²) in [6, 6.07) is 12.8. The molecule has 0 saturated heterocycles. The molecule has 0 atom stereocenters. The highest BCUT2D eigenvalue weighted by molar-refractivity contribution is 5.97. The van der Waals surface area contributed by atoms with E-state index < -0.39 is 0 Å². The number of benzene rings is 2. The van der Waals surface area contributed by atoms with Gasteiger partial charge in [-0.05, 0) is 21.8 Å². The Morgan fingerprint density at radius 2 is 1.68 bits per heavy atom. The van der Waals surface area contributed by atoms with Crippen molar-refractivity contribution in [3.05, 3.63) is 54.6 Å². The first-order chi connectivity index (χ1) is 9.07. The summed E-state index contributed by atoms with van der Waals surface area (Å²) < 4.78 is 5.44. The molecule has 0 saturated carbocycles. The number of aromatic nitrogens is 1. The standard InChI is InChI=1S/C17H17NO/c1-17(2,3)15-9-8-14(16-10-18-11-19-16)12-6-4-5-7-13(12)15/h4-11H,1-3H3. The third-order valence-electron chi connectivity index (χ3n) is 3.43. The maximum Gasteiger partial charge on any atom is 0.181 e. The fourth-order valence-electron chi connectivity index (χ4n) is 2.52. The third kappa shape index (κ3) is 2.03. The molecule has 96 valence electrons. The van der Waals surface area contributed by atoms with E-state index in [9.17, 15) is 0 Å². The Labute approximate surface area is 113 Å². The van der Waals surface area contributed by atoms with Crippen LogP contribution in [0.25, 0.3) is 22.1 Å². The summed E-state index contributed by atoms with van der Waals surface area (Å²) in [7, 11) is 0. The SMILES string of the molecule is CC(C)(C)c1ccc(-c2cnco2)c2ccccc12. The van der Waals surface area contributed by atoms with Gasteiger partial charge in [0.2, 0.25) is 0 Å². The van der Waals surface area contributed by atoms with Crippen LogP contribution in [-0.2, 0) is 5.41 Å². The Morgan fingerprint density at radius 3 is 2.32 bits per heavy atom. The lowest BCUT2D eigenvalue weighted by atomic mass is 9.82. The summed E-state index contributed by atoms with van der Waals surface area (Å²) in [5.41, 5.74) is 2.58. The van der Waals surface area contributed by atoms with E-state index in [0.717, 1.165) is 11.3 Å². The maximum absolute atomic E-state index is 5.44. The Morgan fingerprint density at radius 1 is 0.947 bits per heavy atom. The van der Waals surface area contributed by atoms with Crippen LogP contribution in [-0.4, -0.2) is 4.98 Å². The van der Waals surface area contributed by atoms with Gasteiger partial charge in [-0.3, -0.25) is 0 Å². The van der Waals surface area contributed by atoms with Crippen molar-refractivity contribution in [1.82, 2.24) is 4.98 Å². The molecule has 1 aromatic heterocycles. The van der Waals surface area contributed by atoms with E-state index in [-0.39, 0.29) is 5.41 Å². The lowest BCUT2D eigenvalue weighted by molar-refractivity contribution is 0.572. The molecule has 0 aliphatic carbocycles. The lowest BCUT2D eigenvalue weighted by Crippen LogP contribution is -2.11. The van der Waals surface area contributed by atoms with Gasteiger partial charge in [0.05, 0.1) is 6.20 Å². The Bertz CT molecular complexity index is 706. The van der Waals surface area contributed by atoms with E-state index in [2.05, 4.69) is 62.2 Å². The van der Waals surface area contributed by atoms with Crippen molar-refractivity contribution in [3.8, 4) is 11.3 Å². The van der Waals surface area contributed by atoms with Crippen LogP contribution in [0.4, 0.5) is 0 Å². The molecule has 19 heavy (non-hydrogen) atoms. The van der Waals surface area contributed by atoms with E-state index >= 15 is 0 Å². The second kappa shape index (κ2) is 4.23. The van der Waals surface area contributed by atoms with E-state index in [1.54, 1.807) is 6.20 Å². The molecule has 0 fully saturated rings. The summed E-state index contributed by atoms with van der Waals surface area (Å²) in [6.45, 7) is 6.72. The van der Waals surface area contributed by atoms with Crippen LogP contribution in [0.15, 0.2) is 53.4 Å². The molecule has 1 heterocycles. The molecule has 0 aliphatic heterocycles. The Balaban J connectivity index is 2.35. The Kier molecular flexibility index (Phi) is 2.67. The topological polar surface area (TPSA) is 26.0 Å². The van der Waals surface area contributed by atoms with E-state index in [4.69, 9.17) is 4.42 Å². The van der Waals surface area contributed by atoms with Gasteiger partial charge in [-0.2, -0.15) is 0 Å². The number of hydrogen-bond acceptors (Lipinski definition) is 2. The number of fused-ring (bicyclic) bond motifs is 1. The van der Waals surface area contributed by atoms with Crippen LogP contribution in [0.5, 0.6) is 0 Å². The molecule has 0 unspecified atom stereocenters. The van der Waals surface area contributed by atoms with Crippen molar-refractivity contribution < 1.29 is 4.42 Å². The molecule has 0 aliphatic rings. The summed E-state index contributed by atoms with van der Waals surface area (Å²) in [6.07, 6.45) is 3.24. The van der Waals surface area contributed by atoms with Gasteiger partial charge in [-0.1, -0.05) is 57.2 Å². The zero-order valence-corrected chi connectivity index (χ0v) is 11.5. The highest BCUT2D eigenvalue weighted by atomic mass is 16.3. The molecule has 3 rings (SSSR count). The van der Waals surface area contributed by atoms with Gasteiger partial charge in [-0.25, -0.2) is 4.98 Å².